The Morgan fingerprint density at radius 2 is 1.23 bits per heavy atom. The van der Waals surface area contributed by atoms with Crippen molar-refractivity contribution in [3.05, 3.63) is 72.8 Å². The molecule has 5 nitrogen and oxygen atoms in total. The predicted molar refractivity (Wildman–Crippen MR) is 101 cm³/mol. The summed E-state index contributed by atoms with van der Waals surface area (Å²) < 4.78 is 1.72. The summed E-state index contributed by atoms with van der Waals surface area (Å²) >= 11 is 0. The van der Waals surface area contributed by atoms with E-state index in [1.54, 1.807) is 35.0 Å². The summed E-state index contributed by atoms with van der Waals surface area (Å²) in [6.45, 7) is 0. The summed E-state index contributed by atoms with van der Waals surface area (Å²) in [4.78, 5) is 4.64. The second kappa shape index (κ2) is 6.37. The van der Waals surface area contributed by atoms with Gasteiger partial charge in [-0.3, -0.25) is 0 Å². The first kappa shape index (κ1) is 15.9. The molecule has 0 saturated carbocycles. The SMILES string of the molecule is Cn1nc(-c2cccc(O)c2)nc1-c1cccc(-c2cccc(O)c2)c1. The molecule has 4 aromatic rings. The van der Waals surface area contributed by atoms with Crippen molar-refractivity contribution >= 4 is 0 Å². The molecule has 4 rings (SSSR count). The number of aromatic hydroxyl groups is 2. The number of phenolic OH excluding ortho intramolecular Hbond substituents is 2. The van der Waals surface area contributed by atoms with E-state index in [4.69, 9.17) is 0 Å². The van der Waals surface area contributed by atoms with Gasteiger partial charge < -0.3 is 10.2 Å². The van der Waals surface area contributed by atoms with Crippen molar-refractivity contribution in [3.63, 3.8) is 0 Å². The average Bonchev–Trinajstić information content (AvgIpc) is 3.04. The molecule has 0 spiro atoms. The Morgan fingerprint density at radius 1 is 0.692 bits per heavy atom. The van der Waals surface area contributed by atoms with Crippen LogP contribution >= 0.6 is 0 Å². The number of benzene rings is 3. The maximum absolute atomic E-state index is 9.71. The first-order valence-electron chi connectivity index (χ1n) is 8.20. The summed E-state index contributed by atoms with van der Waals surface area (Å²) in [5.74, 6) is 1.70. The lowest BCUT2D eigenvalue weighted by Gasteiger charge is -2.05. The Morgan fingerprint density at radius 3 is 1.92 bits per heavy atom. The minimum atomic E-state index is 0.183. The molecule has 0 bridgehead atoms. The highest BCUT2D eigenvalue weighted by molar-refractivity contribution is 5.72. The van der Waals surface area contributed by atoms with Gasteiger partial charge in [0.1, 0.15) is 11.5 Å². The highest BCUT2D eigenvalue weighted by Gasteiger charge is 2.12. The maximum atomic E-state index is 9.71. The highest BCUT2D eigenvalue weighted by Crippen LogP contribution is 2.29. The van der Waals surface area contributed by atoms with Gasteiger partial charge in [0.05, 0.1) is 0 Å². The molecule has 0 aliphatic carbocycles. The Balaban J connectivity index is 1.76. The van der Waals surface area contributed by atoms with Crippen LogP contribution in [-0.2, 0) is 7.05 Å². The summed E-state index contributed by atoms with van der Waals surface area (Å²) in [6.07, 6.45) is 0. The number of hydrogen-bond donors (Lipinski definition) is 2. The van der Waals surface area contributed by atoms with E-state index in [-0.39, 0.29) is 11.5 Å². The van der Waals surface area contributed by atoms with Gasteiger partial charge >= 0.3 is 0 Å². The molecule has 0 atom stereocenters. The van der Waals surface area contributed by atoms with Crippen LogP contribution < -0.4 is 0 Å². The Hall–Kier alpha value is -3.60. The number of rotatable bonds is 3. The van der Waals surface area contributed by atoms with Gasteiger partial charge in [-0.2, -0.15) is 5.10 Å². The third-order valence-corrected chi connectivity index (χ3v) is 4.17. The van der Waals surface area contributed by atoms with E-state index >= 15 is 0 Å². The van der Waals surface area contributed by atoms with Crippen LogP contribution in [0, 0.1) is 0 Å². The lowest BCUT2D eigenvalue weighted by molar-refractivity contribution is 0.475. The number of phenols is 2. The van der Waals surface area contributed by atoms with E-state index < -0.39 is 0 Å². The van der Waals surface area contributed by atoms with E-state index in [1.165, 1.54) is 0 Å². The quantitative estimate of drug-likeness (QED) is 0.584. The number of nitrogens with zero attached hydrogens (tertiary/aromatic N) is 3. The van der Waals surface area contributed by atoms with Crippen LogP contribution in [0.5, 0.6) is 11.5 Å². The lowest BCUT2D eigenvalue weighted by Crippen LogP contribution is -1.94. The van der Waals surface area contributed by atoms with Gasteiger partial charge in [-0.15, -0.1) is 0 Å². The molecule has 0 fully saturated rings. The van der Waals surface area contributed by atoms with Crippen LogP contribution in [0.4, 0.5) is 0 Å². The molecule has 1 aromatic heterocycles. The fraction of sp³-hybridized carbons (Fsp3) is 0.0476. The molecule has 0 saturated heterocycles. The van der Waals surface area contributed by atoms with Crippen LogP contribution in [0.1, 0.15) is 0 Å². The van der Waals surface area contributed by atoms with Gasteiger partial charge in [0.15, 0.2) is 11.6 Å². The van der Waals surface area contributed by atoms with Crippen molar-refractivity contribution in [2.24, 2.45) is 7.05 Å². The average molecular weight is 343 g/mol. The summed E-state index contributed by atoms with van der Waals surface area (Å²) in [5.41, 5.74) is 3.60. The summed E-state index contributed by atoms with van der Waals surface area (Å²) in [7, 11) is 1.84. The largest absolute Gasteiger partial charge is 0.508 e. The molecule has 0 radical (unpaired) electrons. The van der Waals surface area contributed by atoms with Gasteiger partial charge in [0.25, 0.3) is 0 Å². The van der Waals surface area contributed by atoms with E-state index in [9.17, 15) is 10.2 Å². The minimum Gasteiger partial charge on any atom is -0.508 e. The Labute approximate surface area is 150 Å². The normalized spacial score (nSPS) is 10.8. The fourth-order valence-corrected chi connectivity index (χ4v) is 2.93. The Kier molecular flexibility index (Phi) is 3.89. The molecule has 0 unspecified atom stereocenters. The first-order valence-corrected chi connectivity index (χ1v) is 8.20. The molecule has 0 aliphatic heterocycles. The smallest absolute Gasteiger partial charge is 0.181 e. The van der Waals surface area contributed by atoms with Crippen molar-refractivity contribution < 1.29 is 10.2 Å². The highest BCUT2D eigenvalue weighted by atomic mass is 16.3. The minimum absolute atomic E-state index is 0.183. The number of hydrogen-bond acceptors (Lipinski definition) is 4. The molecule has 2 N–H and O–H groups in total. The number of aryl methyl sites for hydroxylation is 1. The molecule has 0 aliphatic rings. The second-order valence-electron chi connectivity index (χ2n) is 6.06. The van der Waals surface area contributed by atoms with Crippen LogP contribution in [0.3, 0.4) is 0 Å². The second-order valence-corrected chi connectivity index (χ2v) is 6.06. The molecule has 0 amide bonds. The molecule has 5 heteroatoms. The van der Waals surface area contributed by atoms with Crippen LogP contribution in [0.15, 0.2) is 72.8 Å². The van der Waals surface area contributed by atoms with Crippen LogP contribution in [0.25, 0.3) is 33.9 Å². The standard InChI is InChI=1S/C21H17N3O2/c1-24-21(22-20(23-24)16-7-4-10-19(26)13-16)17-8-2-5-14(11-17)15-6-3-9-18(25)12-15/h2-13,25-26H,1H3. The third kappa shape index (κ3) is 3.02. The first-order chi connectivity index (χ1) is 12.6. The van der Waals surface area contributed by atoms with Crippen molar-refractivity contribution in [2.45, 2.75) is 0 Å². The molecule has 26 heavy (non-hydrogen) atoms. The fourth-order valence-electron chi connectivity index (χ4n) is 2.93. The Bertz CT molecular complexity index is 1090. The topological polar surface area (TPSA) is 71.2 Å². The summed E-state index contributed by atoms with van der Waals surface area (Å²) in [6, 6.07) is 22.0. The predicted octanol–water partition coefficient (Wildman–Crippen LogP) is 4.23. The lowest BCUT2D eigenvalue weighted by atomic mass is 10.0. The zero-order chi connectivity index (χ0) is 18.1. The van der Waals surface area contributed by atoms with Gasteiger partial charge in [0, 0.05) is 18.2 Å². The van der Waals surface area contributed by atoms with Gasteiger partial charge in [-0.1, -0.05) is 42.5 Å². The van der Waals surface area contributed by atoms with Crippen molar-refractivity contribution in [1.82, 2.24) is 14.8 Å². The third-order valence-electron chi connectivity index (χ3n) is 4.17. The summed E-state index contributed by atoms with van der Waals surface area (Å²) in [5, 5.41) is 23.8. The maximum Gasteiger partial charge on any atom is 0.181 e. The zero-order valence-electron chi connectivity index (χ0n) is 14.2. The van der Waals surface area contributed by atoms with E-state index in [1.807, 2.05) is 49.5 Å². The van der Waals surface area contributed by atoms with E-state index in [0.29, 0.717) is 5.82 Å². The van der Waals surface area contributed by atoms with Gasteiger partial charge in [-0.05, 0) is 41.5 Å². The van der Waals surface area contributed by atoms with Crippen LogP contribution in [0.2, 0.25) is 0 Å². The van der Waals surface area contributed by atoms with E-state index in [0.717, 1.165) is 28.1 Å². The van der Waals surface area contributed by atoms with Crippen molar-refractivity contribution in [1.29, 1.82) is 0 Å². The molecule has 1 heterocycles. The number of aromatic nitrogens is 3. The molecule has 128 valence electrons. The van der Waals surface area contributed by atoms with Crippen LogP contribution in [-0.4, -0.2) is 25.0 Å². The molecule has 3 aromatic carbocycles. The molecular weight excluding hydrogens is 326 g/mol. The van der Waals surface area contributed by atoms with Gasteiger partial charge in [0.2, 0.25) is 0 Å². The van der Waals surface area contributed by atoms with Crippen molar-refractivity contribution in [2.75, 3.05) is 0 Å². The van der Waals surface area contributed by atoms with Crippen molar-refractivity contribution in [3.8, 4) is 45.4 Å². The monoisotopic (exact) mass is 343 g/mol. The van der Waals surface area contributed by atoms with Gasteiger partial charge in [-0.25, -0.2) is 9.67 Å². The molecular formula is C21H17N3O2. The van der Waals surface area contributed by atoms with E-state index in [2.05, 4.69) is 10.1 Å². The zero-order valence-corrected chi connectivity index (χ0v) is 14.2.